The van der Waals surface area contributed by atoms with Gasteiger partial charge in [-0.3, -0.25) is 29.2 Å². The lowest BCUT2D eigenvalue weighted by molar-refractivity contribution is -0.155. The van der Waals surface area contributed by atoms with Gasteiger partial charge in [-0.2, -0.15) is 0 Å². The number of hydrogen-bond donors (Lipinski definition) is 3. The molecule has 3 aromatic heterocycles. The lowest BCUT2D eigenvalue weighted by atomic mass is 9.84. The van der Waals surface area contributed by atoms with E-state index in [1.54, 1.807) is 23.9 Å². The van der Waals surface area contributed by atoms with E-state index in [0.29, 0.717) is 50.4 Å². The summed E-state index contributed by atoms with van der Waals surface area (Å²) in [7, 11) is 3.42. The second kappa shape index (κ2) is 19.7. The molecule has 5 atom stereocenters. The number of benzene rings is 1. The van der Waals surface area contributed by atoms with Crippen LogP contribution in [-0.4, -0.2) is 141 Å². The molecule has 1 aromatic carbocycles. The molecule has 0 spiro atoms. The standard InChI is InChI=1S/C50H68N10O6S/c1-10-59-40-18-17-31-22-34(40)35(44(59)33-15-11-19-51-42(33)29(2)3)24-50(6,7)28-66-48(64)36-16-13-21-60(55-36)47(63)37(23-41-53-39(31)27-67-41)54-45(61)43(30(4)5)57(9)49(65)58-20-12-14-32(26-58)56(8)46(62)38-25-52-38/h11,15,17-19,22,27,29-30,32,36-38,43,52,55H,10,12-14,16,20-21,23-26,28H2,1-9H3,(H,54,61)/t32-,36+,37+,38-,43+/m1/s1. The van der Waals surface area contributed by atoms with E-state index in [9.17, 15) is 24.0 Å². The molecule has 6 bridgehead atoms. The van der Waals surface area contributed by atoms with Crippen LogP contribution in [0.4, 0.5) is 4.79 Å². The molecular weight excluding hydrogens is 869 g/mol. The van der Waals surface area contributed by atoms with Crippen LogP contribution in [0, 0.1) is 11.3 Å². The van der Waals surface area contributed by atoms with Crippen LogP contribution < -0.4 is 16.1 Å². The Morgan fingerprint density at radius 1 is 1.06 bits per heavy atom. The van der Waals surface area contributed by atoms with Crippen LogP contribution in [0.3, 0.4) is 0 Å². The minimum absolute atomic E-state index is 0.0251. The highest BCUT2D eigenvalue weighted by Gasteiger charge is 2.41. The smallest absolute Gasteiger partial charge is 0.324 e. The Labute approximate surface area is 398 Å². The third-order valence-electron chi connectivity index (χ3n) is 13.9. The van der Waals surface area contributed by atoms with E-state index in [1.807, 2.05) is 31.5 Å². The van der Waals surface area contributed by atoms with Crippen molar-refractivity contribution in [3.8, 4) is 22.5 Å². The Morgan fingerprint density at radius 2 is 1.82 bits per heavy atom. The molecule has 4 aliphatic rings. The van der Waals surface area contributed by atoms with Crippen LogP contribution in [0.25, 0.3) is 33.4 Å². The van der Waals surface area contributed by atoms with Crippen LogP contribution in [0.15, 0.2) is 41.9 Å². The Hall–Kier alpha value is -5.39. The summed E-state index contributed by atoms with van der Waals surface area (Å²) in [6, 6.07) is 7.23. The molecule has 3 fully saturated rings. The molecule has 360 valence electrons. The number of nitrogens with zero attached hydrogens (tertiary/aromatic N) is 7. The fraction of sp³-hybridized carbons (Fsp3) is 0.580. The second-order valence-corrected chi connectivity index (χ2v) is 21.2. The first kappa shape index (κ1) is 48.1. The number of esters is 1. The van der Waals surface area contributed by atoms with Crippen LogP contribution in [0.1, 0.15) is 96.3 Å². The first-order valence-electron chi connectivity index (χ1n) is 24.1. The van der Waals surface area contributed by atoms with E-state index < -0.39 is 41.3 Å². The first-order valence-corrected chi connectivity index (χ1v) is 25.0. The number of likely N-dealkylation sites (N-methyl/N-ethyl adjacent to an activating group) is 2. The third kappa shape index (κ3) is 10.1. The van der Waals surface area contributed by atoms with Gasteiger partial charge in [-0.1, -0.05) is 47.6 Å². The molecule has 17 heteroatoms. The number of hydrogen-bond acceptors (Lipinski definition) is 11. The molecule has 0 radical (unpaired) electrons. The Balaban J connectivity index is 1.12. The fourth-order valence-electron chi connectivity index (χ4n) is 10.2. The van der Waals surface area contributed by atoms with Crippen LogP contribution in [-0.2, 0) is 43.3 Å². The van der Waals surface area contributed by atoms with Crippen molar-refractivity contribution in [2.45, 2.75) is 130 Å². The average molecular weight is 937 g/mol. The minimum atomic E-state index is -1.07. The van der Waals surface area contributed by atoms with Gasteiger partial charge in [0, 0.05) is 98.3 Å². The number of hydrazine groups is 1. The second-order valence-electron chi connectivity index (χ2n) is 20.3. The van der Waals surface area contributed by atoms with Crippen molar-refractivity contribution in [1.29, 1.82) is 0 Å². The van der Waals surface area contributed by atoms with Gasteiger partial charge in [0.05, 0.1) is 34.7 Å². The van der Waals surface area contributed by atoms with Crippen molar-refractivity contribution < 1.29 is 28.7 Å². The molecule has 8 rings (SSSR count). The van der Waals surface area contributed by atoms with E-state index in [0.717, 1.165) is 64.1 Å². The number of ether oxygens (including phenoxy) is 1. The largest absolute Gasteiger partial charge is 0.464 e. The Kier molecular flexibility index (Phi) is 14.1. The Bertz CT molecular complexity index is 2510. The third-order valence-corrected chi connectivity index (χ3v) is 14.7. The van der Waals surface area contributed by atoms with Gasteiger partial charge in [-0.15, -0.1) is 11.3 Å². The molecule has 67 heavy (non-hydrogen) atoms. The molecule has 5 amide bonds. The Morgan fingerprint density at radius 3 is 2.54 bits per heavy atom. The highest BCUT2D eigenvalue weighted by Crippen LogP contribution is 2.42. The molecule has 3 saturated heterocycles. The van der Waals surface area contributed by atoms with Gasteiger partial charge in [-0.25, -0.2) is 15.2 Å². The summed E-state index contributed by atoms with van der Waals surface area (Å²) in [6.07, 6.45) is 5.10. The van der Waals surface area contributed by atoms with E-state index in [1.165, 1.54) is 21.2 Å². The number of aryl methyl sites for hydroxylation is 1. The highest BCUT2D eigenvalue weighted by atomic mass is 32.1. The molecular formula is C50H68N10O6S. The summed E-state index contributed by atoms with van der Waals surface area (Å²) in [4.78, 5) is 85.2. The van der Waals surface area contributed by atoms with Gasteiger partial charge in [0.2, 0.25) is 11.8 Å². The SMILES string of the molecule is CCn1c(-c2cccnc2C(C)C)c2c3cc(ccc31)-c1csc(n1)C[C@H](NC(=O)[C@H](C(C)C)N(C)C(=O)N1CCC[C@@H](N(C)C(=O)[C@H]3CN3)C1)C(=O)N1CCC[C@H](N1)C(=O)OCC(C)(C)C2. The maximum absolute atomic E-state index is 14.7. The first-order chi connectivity index (χ1) is 32.0. The maximum Gasteiger partial charge on any atom is 0.324 e. The molecule has 7 heterocycles. The normalized spacial score (nSPS) is 22.6. The number of nitrogens with one attached hydrogen (secondary N) is 3. The van der Waals surface area contributed by atoms with Crippen molar-refractivity contribution in [3.05, 3.63) is 58.2 Å². The number of cyclic esters (lactones) is 1. The van der Waals surface area contributed by atoms with E-state index in [4.69, 9.17) is 14.7 Å². The topological polar surface area (TPSA) is 184 Å². The van der Waals surface area contributed by atoms with E-state index in [2.05, 4.69) is 79.5 Å². The van der Waals surface area contributed by atoms with Gasteiger partial charge >= 0.3 is 12.0 Å². The summed E-state index contributed by atoms with van der Waals surface area (Å²) in [6.45, 7) is 17.2. The number of urea groups is 1. The molecule has 4 aromatic rings. The van der Waals surface area contributed by atoms with Gasteiger partial charge in [0.15, 0.2) is 0 Å². The number of piperidine rings is 1. The summed E-state index contributed by atoms with van der Waals surface area (Å²) >= 11 is 1.42. The number of thiazole rings is 1. The number of likely N-dealkylation sites (tertiary alicyclic amines) is 1. The summed E-state index contributed by atoms with van der Waals surface area (Å²) in [5, 5.41) is 11.3. The van der Waals surface area contributed by atoms with Crippen LogP contribution >= 0.6 is 11.3 Å². The lowest BCUT2D eigenvalue weighted by Gasteiger charge is -2.41. The predicted octanol–water partition coefficient (Wildman–Crippen LogP) is 5.59. The molecule has 0 unspecified atom stereocenters. The quantitative estimate of drug-likeness (QED) is 0.141. The van der Waals surface area contributed by atoms with Gasteiger partial charge in [0.1, 0.15) is 18.1 Å². The number of amides is 5. The molecule has 3 N–H and O–H groups in total. The van der Waals surface area contributed by atoms with Crippen molar-refractivity contribution in [3.63, 3.8) is 0 Å². The van der Waals surface area contributed by atoms with Gasteiger partial charge < -0.3 is 34.6 Å². The lowest BCUT2D eigenvalue weighted by Crippen LogP contribution is -2.63. The summed E-state index contributed by atoms with van der Waals surface area (Å²) in [5.74, 6) is -1.41. The zero-order valence-corrected chi connectivity index (χ0v) is 41.4. The average Bonchev–Trinajstić information content (AvgIpc) is 3.99. The predicted molar refractivity (Wildman–Crippen MR) is 259 cm³/mol. The summed E-state index contributed by atoms with van der Waals surface area (Å²) in [5.41, 5.74) is 9.82. The van der Waals surface area contributed by atoms with E-state index >= 15 is 0 Å². The van der Waals surface area contributed by atoms with Crippen molar-refractivity contribution in [1.82, 2.24) is 50.3 Å². The van der Waals surface area contributed by atoms with Gasteiger partial charge in [0.25, 0.3) is 5.91 Å². The van der Waals surface area contributed by atoms with Crippen molar-refractivity contribution in [2.24, 2.45) is 11.3 Å². The molecule has 0 aliphatic carbocycles. The van der Waals surface area contributed by atoms with Crippen LogP contribution in [0.2, 0.25) is 0 Å². The zero-order valence-electron chi connectivity index (χ0n) is 40.6. The molecule has 16 nitrogen and oxygen atoms in total. The number of aromatic nitrogens is 3. The minimum Gasteiger partial charge on any atom is -0.464 e. The number of rotatable bonds is 9. The zero-order chi connectivity index (χ0) is 47.9. The maximum atomic E-state index is 14.7. The monoisotopic (exact) mass is 937 g/mol. The molecule has 4 aliphatic heterocycles. The van der Waals surface area contributed by atoms with Crippen molar-refractivity contribution >= 4 is 52.0 Å². The molecule has 0 saturated carbocycles. The fourth-order valence-corrected chi connectivity index (χ4v) is 11.1. The van der Waals surface area contributed by atoms with Crippen LogP contribution in [0.5, 0.6) is 0 Å². The highest BCUT2D eigenvalue weighted by molar-refractivity contribution is 7.10. The number of pyridine rings is 1. The van der Waals surface area contributed by atoms with E-state index in [-0.39, 0.29) is 48.9 Å². The van der Waals surface area contributed by atoms with Gasteiger partial charge in [-0.05, 0) is 80.7 Å². The van der Waals surface area contributed by atoms with Crippen molar-refractivity contribution in [2.75, 3.05) is 46.9 Å². The number of carbonyl (C=O) groups excluding carboxylic acids is 5. The number of fused-ring (bicyclic) bond motifs is 6. The summed E-state index contributed by atoms with van der Waals surface area (Å²) < 4.78 is 8.49. The number of carbonyl (C=O) groups is 5.